The molecule has 4 saturated carbocycles. The van der Waals surface area contributed by atoms with Crippen LogP contribution in [0.3, 0.4) is 0 Å². The standard InChI is InChI=1S/C21H32O5.C7H8.CH2Cl2/c1-19-7-5-13(23)9-12(19)3-4-14-15-6-8-21(26,17(25)11-22)20(15,2)10-16(24)18(14)19;1-7-5-3-2-4-6-7;2-1-3/h12-15,18,22-23,26H,3-11H2,1-2H3;2-6H,1H3;1H2/t12-,13-,14+,15+,18-,19+,20+,21+;;/m1../s1. The van der Waals surface area contributed by atoms with Gasteiger partial charge in [0.2, 0.25) is 0 Å². The molecule has 0 heterocycles. The maximum Gasteiger partial charge on any atom is 0.190 e. The number of carbonyl (C=O) groups is 2. The molecule has 0 spiro atoms. The van der Waals surface area contributed by atoms with E-state index >= 15 is 0 Å². The summed E-state index contributed by atoms with van der Waals surface area (Å²) >= 11 is 9.53. The number of Topliss-reactive ketones (excluding diaryl/α,β-unsaturated/α-hetero) is 2. The van der Waals surface area contributed by atoms with Gasteiger partial charge in [-0.15, -0.1) is 23.2 Å². The summed E-state index contributed by atoms with van der Waals surface area (Å²) in [5.74, 6) is 0.380. The van der Waals surface area contributed by atoms with Crippen molar-refractivity contribution < 1.29 is 24.9 Å². The van der Waals surface area contributed by atoms with Crippen LogP contribution >= 0.6 is 23.2 Å². The van der Waals surface area contributed by atoms with Crippen molar-refractivity contribution in [1.82, 2.24) is 0 Å². The highest BCUT2D eigenvalue weighted by Crippen LogP contribution is 2.67. The van der Waals surface area contributed by atoms with E-state index in [1.807, 2.05) is 25.1 Å². The molecule has 1 aromatic rings. The number of aliphatic hydroxyl groups is 3. The average molecular weight is 542 g/mol. The number of hydrogen-bond donors (Lipinski definition) is 3. The van der Waals surface area contributed by atoms with Crippen LogP contribution in [0.15, 0.2) is 30.3 Å². The van der Waals surface area contributed by atoms with Crippen LogP contribution in [0.1, 0.15) is 70.8 Å². The van der Waals surface area contributed by atoms with Gasteiger partial charge in [0.25, 0.3) is 0 Å². The van der Waals surface area contributed by atoms with E-state index in [1.54, 1.807) is 0 Å². The molecule has 36 heavy (non-hydrogen) atoms. The normalized spacial score (nSPS) is 40.9. The van der Waals surface area contributed by atoms with Crippen LogP contribution in [0.2, 0.25) is 0 Å². The summed E-state index contributed by atoms with van der Waals surface area (Å²) in [6, 6.07) is 10.3. The molecule has 0 radical (unpaired) electrons. The second-order valence-corrected chi connectivity index (χ2v) is 12.6. The Morgan fingerprint density at radius 3 is 2.25 bits per heavy atom. The van der Waals surface area contributed by atoms with Gasteiger partial charge in [0.1, 0.15) is 18.0 Å². The molecule has 4 fully saturated rings. The molecule has 0 aliphatic heterocycles. The van der Waals surface area contributed by atoms with Gasteiger partial charge in [-0.3, -0.25) is 9.59 Å². The van der Waals surface area contributed by atoms with Crippen LogP contribution in [0.5, 0.6) is 0 Å². The summed E-state index contributed by atoms with van der Waals surface area (Å²) in [5.41, 5.74) is -1.08. The molecule has 4 aliphatic rings. The van der Waals surface area contributed by atoms with Crippen LogP contribution in [-0.2, 0) is 9.59 Å². The molecule has 8 atom stereocenters. The quantitative estimate of drug-likeness (QED) is 0.443. The average Bonchev–Trinajstić information content (AvgIpc) is 3.11. The lowest BCUT2D eigenvalue weighted by Crippen LogP contribution is -2.62. The van der Waals surface area contributed by atoms with Gasteiger partial charge in [-0.05, 0) is 75.0 Å². The number of alkyl halides is 2. The van der Waals surface area contributed by atoms with Gasteiger partial charge in [0, 0.05) is 17.8 Å². The Kier molecular flexibility index (Phi) is 9.71. The summed E-state index contributed by atoms with van der Waals surface area (Å²) in [4.78, 5) is 25.7. The first-order valence-corrected chi connectivity index (χ1v) is 14.3. The van der Waals surface area contributed by atoms with Gasteiger partial charge in [-0.25, -0.2) is 0 Å². The van der Waals surface area contributed by atoms with E-state index in [-0.39, 0.29) is 46.8 Å². The number of aliphatic hydroxyl groups excluding tert-OH is 2. The number of carbonyl (C=O) groups excluding carboxylic acids is 2. The van der Waals surface area contributed by atoms with Gasteiger partial charge in [-0.2, -0.15) is 0 Å². The first-order valence-electron chi connectivity index (χ1n) is 13.2. The molecular weight excluding hydrogens is 499 g/mol. The molecule has 0 saturated heterocycles. The van der Waals surface area contributed by atoms with Crippen molar-refractivity contribution in [3.8, 4) is 0 Å². The van der Waals surface area contributed by atoms with Crippen molar-refractivity contribution >= 4 is 34.8 Å². The van der Waals surface area contributed by atoms with Crippen LogP contribution in [-0.4, -0.2) is 50.5 Å². The Morgan fingerprint density at radius 2 is 1.69 bits per heavy atom. The molecular formula is C29H42Cl2O5. The lowest BCUT2D eigenvalue weighted by atomic mass is 9.44. The third-order valence-corrected chi connectivity index (χ3v) is 10.0. The highest BCUT2D eigenvalue weighted by Gasteiger charge is 2.68. The Balaban J connectivity index is 0.000000304. The van der Waals surface area contributed by atoms with E-state index in [4.69, 9.17) is 23.2 Å². The predicted octanol–water partition coefficient (Wildman–Crippen LogP) is 5.28. The molecule has 7 heteroatoms. The van der Waals surface area contributed by atoms with Crippen LogP contribution in [0, 0.1) is 41.4 Å². The topological polar surface area (TPSA) is 94.8 Å². The third kappa shape index (κ3) is 5.29. The number of halogens is 2. The van der Waals surface area contributed by atoms with E-state index in [0.29, 0.717) is 12.3 Å². The smallest absolute Gasteiger partial charge is 0.190 e. The molecule has 0 amide bonds. The van der Waals surface area contributed by atoms with E-state index < -0.39 is 23.4 Å². The van der Waals surface area contributed by atoms with E-state index in [1.165, 1.54) is 5.56 Å². The van der Waals surface area contributed by atoms with Gasteiger partial charge in [0.05, 0.1) is 11.4 Å². The van der Waals surface area contributed by atoms with Crippen molar-refractivity contribution in [3.63, 3.8) is 0 Å². The first kappa shape index (κ1) is 29.6. The van der Waals surface area contributed by atoms with Gasteiger partial charge in [-0.1, -0.05) is 49.7 Å². The fourth-order valence-electron chi connectivity index (χ4n) is 8.18. The number of fused-ring (bicyclic) bond motifs is 5. The lowest BCUT2D eigenvalue weighted by Gasteiger charge is -2.60. The highest BCUT2D eigenvalue weighted by atomic mass is 35.5. The fourth-order valence-corrected chi connectivity index (χ4v) is 8.18. The Bertz CT molecular complexity index is 910. The van der Waals surface area contributed by atoms with Gasteiger partial charge in [0.15, 0.2) is 5.78 Å². The number of rotatable bonds is 2. The molecule has 0 unspecified atom stereocenters. The maximum atomic E-state index is 13.4. The lowest BCUT2D eigenvalue weighted by molar-refractivity contribution is -0.180. The largest absolute Gasteiger partial charge is 0.393 e. The van der Waals surface area contributed by atoms with E-state index in [2.05, 4.69) is 26.0 Å². The fraction of sp³-hybridized carbons (Fsp3) is 0.724. The number of aryl methyl sites for hydroxylation is 1. The summed E-state index contributed by atoms with van der Waals surface area (Å²) in [6.45, 7) is 5.55. The summed E-state index contributed by atoms with van der Waals surface area (Å²) < 4.78 is 0. The van der Waals surface area contributed by atoms with E-state index in [9.17, 15) is 24.9 Å². The molecule has 4 aliphatic carbocycles. The van der Waals surface area contributed by atoms with Crippen molar-refractivity contribution in [2.24, 2.45) is 34.5 Å². The minimum absolute atomic E-state index is 0.0154. The minimum atomic E-state index is -1.58. The van der Waals surface area contributed by atoms with Crippen molar-refractivity contribution in [3.05, 3.63) is 35.9 Å². The van der Waals surface area contributed by atoms with Crippen molar-refractivity contribution in [2.45, 2.75) is 83.8 Å². The zero-order valence-electron chi connectivity index (χ0n) is 21.8. The zero-order valence-corrected chi connectivity index (χ0v) is 23.3. The molecule has 0 bridgehead atoms. The Hall–Kier alpha value is -0.980. The van der Waals surface area contributed by atoms with Crippen LogP contribution < -0.4 is 0 Å². The first-order chi connectivity index (χ1) is 17.0. The monoisotopic (exact) mass is 540 g/mol. The SMILES string of the molecule is C[C@]12CC[C@@H](O)C[C@H]1CC[C@@H]1[C@@H]2C(=O)C[C@@]2(C)[C@H]1CC[C@]2(O)C(=O)CO.Cc1ccccc1.ClCCl. The molecule has 1 aromatic carbocycles. The summed E-state index contributed by atoms with van der Waals surface area (Å²) in [7, 11) is 0. The summed E-state index contributed by atoms with van der Waals surface area (Å²) in [6.07, 6.45) is 5.47. The number of benzene rings is 1. The Morgan fingerprint density at radius 1 is 1.06 bits per heavy atom. The molecule has 3 N–H and O–H groups in total. The predicted molar refractivity (Wildman–Crippen MR) is 143 cm³/mol. The second-order valence-electron chi connectivity index (χ2n) is 11.8. The van der Waals surface area contributed by atoms with Crippen molar-refractivity contribution in [2.75, 3.05) is 11.9 Å². The zero-order chi connectivity index (χ0) is 26.7. The maximum absolute atomic E-state index is 13.4. The minimum Gasteiger partial charge on any atom is -0.393 e. The molecule has 5 nitrogen and oxygen atoms in total. The van der Waals surface area contributed by atoms with Gasteiger partial charge < -0.3 is 15.3 Å². The third-order valence-electron chi connectivity index (χ3n) is 10.0. The van der Waals surface area contributed by atoms with E-state index in [0.717, 1.165) is 38.5 Å². The summed E-state index contributed by atoms with van der Waals surface area (Å²) in [5, 5.41) is 30.8. The molecule has 0 aromatic heterocycles. The number of ketones is 2. The number of hydrogen-bond acceptors (Lipinski definition) is 5. The van der Waals surface area contributed by atoms with Crippen LogP contribution in [0.25, 0.3) is 0 Å². The second kappa shape index (κ2) is 11.8. The Labute approximate surface area is 225 Å². The molecule has 202 valence electrons. The molecule has 5 rings (SSSR count). The highest BCUT2D eigenvalue weighted by molar-refractivity contribution is 6.40. The van der Waals surface area contributed by atoms with Crippen LogP contribution in [0.4, 0.5) is 0 Å². The van der Waals surface area contributed by atoms with Gasteiger partial charge >= 0.3 is 0 Å². The van der Waals surface area contributed by atoms with Crippen molar-refractivity contribution in [1.29, 1.82) is 0 Å².